The van der Waals surface area contributed by atoms with Crippen LogP contribution >= 0.6 is 0 Å². The highest BCUT2D eigenvalue weighted by Gasteiger charge is 1.71. The Bertz CT molecular complexity index is 1910. The summed E-state index contributed by atoms with van der Waals surface area (Å²) in [7, 11) is 5.83. The van der Waals surface area contributed by atoms with Crippen LogP contribution in [0.3, 0.4) is 0 Å². The van der Waals surface area contributed by atoms with Crippen LogP contribution in [0.4, 0.5) is 0 Å². The normalized spacial score (nSPS) is 8.22. The molecule has 0 unspecified atom stereocenters. The van der Waals surface area contributed by atoms with E-state index < -0.39 is 0 Å². The molecule has 0 N–H and O–H groups in total. The molecule has 0 aromatic carbocycles. The van der Waals surface area contributed by atoms with Gasteiger partial charge in [-0.1, -0.05) is 11.2 Å². The predicted octanol–water partition coefficient (Wildman–Crippen LogP) is 6.75. The largest absolute Gasteiger partial charge is 0.473 e. The zero-order valence-corrected chi connectivity index (χ0v) is 38.0. The van der Waals surface area contributed by atoms with Gasteiger partial charge >= 0.3 is 0 Å². The number of hydrogen-bond acceptors (Lipinski definition) is 20. The van der Waals surface area contributed by atoms with Crippen LogP contribution in [-0.4, -0.2) is 99.3 Å². The van der Waals surface area contributed by atoms with E-state index in [-0.39, 0.29) is 0 Å². The Labute approximate surface area is 398 Å². The zero-order chi connectivity index (χ0) is 49.3. The quantitative estimate of drug-likeness (QED) is 0.152. The molecule has 0 aliphatic heterocycles. The fraction of sp³-hybridized carbons (Fsp3) is 0.0652. The fourth-order valence-electron chi connectivity index (χ4n) is 3.15. The van der Waals surface area contributed by atoms with Crippen molar-refractivity contribution < 1.29 is 13.4 Å². The van der Waals surface area contributed by atoms with Crippen molar-refractivity contribution in [2.75, 3.05) is 0 Å². The number of aryl methyl sites for hydroxylation is 3. The van der Waals surface area contributed by atoms with Crippen LogP contribution in [0.15, 0.2) is 280 Å². The first-order valence-electron chi connectivity index (χ1n) is 19.8. The molecular weight excluding hydrogens is 881 g/mol. The minimum absolute atomic E-state index is 1.38. The van der Waals surface area contributed by atoms with Crippen LogP contribution in [0.1, 0.15) is 0 Å². The summed E-state index contributed by atoms with van der Waals surface area (Å²) in [5.74, 6) is 0. The number of aromatic nitrogens is 20. The molecule has 0 radical (unpaired) electrons. The number of hydrogen-bond donors (Lipinski definition) is 0. The van der Waals surface area contributed by atoms with Gasteiger partial charge in [0, 0.05) is 126 Å². The maximum Gasteiger partial charge on any atom is 0.180 e. The van der Waals surface area contributed by atoms with E-state index in [4.69, 9.17) is 0 Å². The van der Waals surface area contributed by atoms with Crippen LogP contribution in [0.25, 0.3) is 0 Å². The first kappa shape index (κ1) is 56.8. The standard InChI is InChI=1S/C5H7N.C5H5N.2C4H6N2.3C4H4N2.C4H4O.2C3H3N3.2C3H3NO/c1-6-4-2-3-5-6;1-2-4-6-5-3-1;1-6-3-2-5-4-6;1-6-4-2-3-5-6;1-2-6-4-3-5-1;1-2-5-4-6-3-1;1-2-4-6-5-3-1;1-2-4-5-3-1;1-4-2-6-3-5-1;1-2-5-6-3-4-1;1-2-5-3-4-1;1-2-4-5-3-1/h2-5H,1H3;1-5H;2*2-4H,1H3;3*1-4H;1-4H;2*1-3H;2*1-3H. The number of pyridine rings is 1. The summed E-state index contributed by atoms with van der Waals surface area (Å²) in [6.45, 7) is 0. The molecule has 12 heterocycles. The van der Waals surface area contributed by atoms with Gasteiger partial charge in [-0.2, -0.15) is 20.4 Å². The number of furan rings is 1. The van der Waals surface area contributed by atoms with E-state index in [1.807, 2.05) is 116 Å². The van der Waals surface area contributed by atoms with Crippen LogP contribution < -0.4 is 0 Å². The topological polar surface area (TPSA) is 273 Å². The molecule has 23 nitrogen and oxygen atoms in total. The monoisotopic (exact) mass is 932 g/mol. The first-order valence-corrected chi connectivity index (χ1v) is 19.8. The molecule has 0 amide bonds. The third-order valence-electron chi connectivity index (χ3n) is 5.96. The van der Waals surface area contributed by atoms with Crippen LogP contribution in [-0.2, 0) is 21.1 Å². The summed E-state index contributed by atoms with van der Waals surface area (Å²) in [6.07, 6.45) is 50.9. The van der Waals surface area contributed by atoms with Gasteiger partial charge in [0.05, 0.1) is 37.4 Å². The minimum atomic E-state index is 1.38. The molecule has 0 atom stereocenters. The third kappa shape index (κ3) is 47.1. The average molecular weight is 933 g/mol. The van der Waals surface area contributed by atoms with Gasteiger partial charge in [-0.05, 0) is 66.7 Å². The van der Waals surface area contributed by atoms with Gasteiger partial charge in [-0.15, -0.1) is 5.10 Å². The molecule has 0 spiro atoms. The molecular formula is C46H52N20O3. The molecule has 0 saturated carbocycles. The number of rotatable bonds is 0. The number of imidazole rings is 1. The average Bonchev–Trinajstić information content (AvgIpc) is 4.30. The van der Waals surface area contributed by atoms with Gasteiger partial charge in [-0.3, -0.25) is 19.6 Å². The summed E-state index contributed by atoms with van der Waals surface area (Å²) >= 11 is 0. The molecule has 12 aromatic heterocycles. The van der Waals surface area contributed by atoms with E-state index in [0.717, 1.165) is 0 Å². The van der Waals surface area contributed by atoms with Crippen molar-refractivity contribution in [2.24, 2.45) is 21.1 Å². The van der Waals surface area contributed by atoms with Gasteiger partial charge < -0.3 is 22.5 Å². The highest BCUT2D eigenvalue weighted by Crippen LogP contribution is 1.81. The summed E-state index contributed by atoms with van der Waals surface area (Å²) in [5.41, 5.74) is 0. The molecule has 69 heavy (non-hydrogen) atoms. The third-order valence-corrected chi connectivity index (χ3v) is 5.96. The van der Waals surface area contributed by atoms with Gasteiger partial charge in [0.1, 0.15) is 44.2 Å². The maximum atomic E-state index is 4.58. The summed E-state index contributed by atoms with van der Waals surface area (Å²) in [4.78, 5) is 40.2. The van der Waals surface area contributed by atoms with Gasteiger partial charge in [-0.25, -0.2) is 39.9 Å². The van der Waals surface area contributed by atoms with Crippen molar-refractivity contribution >= 4 is 0 Å². The summed E-state index contributed by atoms with van der Waals surface area (Å²) in [6, 6.07) is 22.4. The van der Waals surface area contributed by atoms with Gasteiger partial charge in [0.2, 0.25) is 0 Å². The second-order valence-electron chi connectivity index (χ2n) is 11.2. The van der Waals surface area contributed by atoms with Crippen LogP contribution in [0.5, 0.6) is 0 Å². The second-order valence-corrected chi connectivity index (χ2v) is 11.2. The molecule has 0 bridgehead atoms. The lowest BCUT2D eigenvalue weighted by Gasteiger charge is -1.79. The highest BCUT2D eigenvalue weighted by atomic mass is 16.5. The van der Waals surface area contributed by atoms with Crippen molar-refractivity contribution in [1.29, 1.82) is 0 Å². The van der Waals surface area contributed by atoms with Gasteiger partial charge in [0.15, 0.2) is 6.39 Å². The zero-order valence-electron chi connectivity index (χ0n) is 38.0. The SMILES string of the molecule is Cn1cccc1.Cn1cccn1.Cn1ccnc1.c1ccncc1.c1ccnnc1.c1ccoc1.c1cnccn1.c1cncnc1.c1cnncn1.c1cnoc1.c1cocn1.c1ncncn1. The lowest BCUT2D eigenvalue weighted by atomic mass is 10.5. The molecule has 0 fully saturated rings. The molecule has 0 saturated heterocycles. The number of nitrogens with zero attached hydrogens (tertiary/aromatic N) is 20. The van der Waals surface area contributed by atoms with E-state index >= 15 is 0 Å². The number of oxazole rings is 1. The van der Waals surface area contributed by atoms with Gasteiger partial charge in [0.25, 0.3) is 0 Å². The minimum Gasteiger partial charge on any atom is -0.473 e. The Morgan fingerprint density at radius 1 is 0.304 bits per heavy atom. The summed E-state index contributed by atoms with van der Waals surface area (Å²) < 4.78 is 19.0. The van der Waals surface area contributed by atoms with E-state index in [0.29, 0.717) is 0 Å². The first-order chi connectivity index (χ1) is 34.2. The summed E-state index contributed by atoms with van der Waals surface area (Å²) in [5, 5.41) is 21.1. The predicted molar refractivity (Wildman–Crippen MR) is 254 cm³/mol. The molecule has 0 aliphatic carbocycles. The Kier molecular flexibility index (Phi) is 40.2. The van der Waals surface area contributed by atoms with E-state index in [2.05, 4.69) is 98.8 Å². The molecule has 23 heteroatoms. The molecule has 354 valence electrons. The van der Waals surface area contributed by atoms with Crippen molar-refractivity contribution in [2.45, 2.75) is 0 Å². The van der Waals surface area contributed by atoms with Crippen molar-refractivity contribution in [3.63, 3.8) is 0 Å². The molecule has 0 aliphatic rings. The van der Waals surface area contributed by atoms with E-state index in [1.165, 1.54) is 56.8 Å². The van der Waals surface area contributed by atoms with Crippen LogP contribution in [0.2, 0.25) is 0 Å². The Balaban J connectivity index is 0.000000377. The van der Waals surface area contributed by atoms with E-state index in [9.17, 15) is 0 Å². The smallest absolute Gasteiger partial charge is 0.180 e. The lowest BCUT2D eigenvalue weighted by molar-refractivity contribution is 0.420. The fourth-order valence-corrected chi connectivity index (χ4v) is 3.15. The van der Waals surface area contributed by atoms with Crippen molar-refractivity contribution in [3.05, 3.63) is 266 Å². The van der Waals surface area contributed by atoms with E-state index in [1.54, 1.807) is 129 Å². The molecule has 12 aromatic rings. The lowest BCUT2D eigenvalue weighted by Crippen LogP contribution is -1.83. The van der Waals surface area contributed by atoms with Crippen molar-refractivity contribution in [1.82, 2.24) is 99.3 Å². The Morgan fingerprint density at radius 2 is 0.884 bits per heavy atom. The maximum absolute atomic E-state index is 4.58. The molecule has 12 rings (SSSR count). The van der Waals surface area contributed by atoms with Crippen molar-refractivity contribution in [3.8, 4) is 0 Å². The Hall–Kier alpha value is -10.2. The second kappa shape index (κ2) is 48.8. The Morgan fingerprint density at radius 3 is 1.06 bits per heavy atom. The van der Waals surface area contributed by atoms with Crippen LogP contribution in [0, 0.1) is 0 Å². The highest BCUT2D eigenvalue weighted by molar-refractivity contribution is 4.89.